The summed E-state index contributed by atoms with van der Waals surface area (Å²) in [4.78, 5) is 10.6. The topological polar surface area (TPSA) is 55.8 Å². The zero-order chi connectivity index (χ0) is 16.7. The predicted molar refractivity (Wildman–Crippen MR) is 89.5 cm³/mol. The molecule has 119 valence electrons. The third-order valence-corrected chi connectivity index (χ3v) is 3.33. The molecule has 0 saturated carbocycles. The van der Waals surface area contributed by atoms with Crippen LogP contribution in [-0.2, 0) is 17.8 Å². The highest BCUT2D eigenvalue weighted by Gasteiger charge is 2.04. The highest BCUT2D eigenvalue weighted by atomic mass is 16.5. The van der Waals surface area contributed by atoms with Gasteiger partial charge in [0.15, 0.2) is 0 Å². The first-order valence-electron chi connectivity index (χ1n) is 7.21. The van der Waals surface area contributed by atoms with Crippen molar-refractivity contribution in [1.29, 1.82) is 0 Å². The Bertz CT molecular complexity index is 687. The molecule has 1 N–H and O–H groups in total. The van der Waals surface area contributed by atoms with Gasteiger partial charge in [0.2, 0.25) is 0 Å². The van der Waals surface area contributed by atoms with Crippen molar-refractivity contribution in [2.24, 2.45) is 0 Å². The Morgan fingerprint density at radius 3 is 2.57 bits per heavy atom. The Morgan fingerprint density at radius 1 is 1.22 bits per heavy atom. The molecule has 2 aromatic rings. The molecule has 0 aliphatic carbocycles. The number of ether oxygens (including phenoxy) is 2. The van der Waals surface area contributed by atoms with E-state index in [0.29, 0.717) is 13.0 Å². The van der Waals surface area contributed by atoms with Crippen molar-refractivity contribution in [1.82, 2.24) is 0 Å². The normalized spacial score (nSPS) is 10.7. The molecule has 0 amide bonds. The molecule has 0 aromatic heterocycles. The van der Waals surface area contributed by atoms with Crippen molar-refractivity contribution in [3.05, 3.63) is 72.2 Å². The first kappa shape index (κ1) is 16.6. The van der Waals surface area contributed by atoms with Crippen molar-refractivity contribution in [3.63, 3.8) is 0 Å². The Labute approximate surface area is 136 Å². The number of rotatable bonds is 7. The van der Waals surface area contributed by atoms with Gasteiger partial charge in [0.05, 0.1) is 7.11 Å². The molecule has 0 unspecified atom stereocenters. The third-order valence-electron chi connectivity index (χ3n) is 3.33. The summed E-state index contributed by atoms with van der Waals surface area (Å²) >= 11 is 0. The van der Waals surface area contributed by atoms with Crippen LogP contribution in [0.1, 0.15) is 16.7 Å². The van der Waals surface area contributed by atoms with E-state index in [1.807, 2.05) is 42.5 Å². The zero-order valence-electron chi connectivity index (χ0n) is 13.0. The van der Waals surface area contributed by atoms with Crippen LogP contribution in [-0.4, -0.2) is 18.2 Å². The molecule has 0 atom stereocenters. The van der Waals surface area contributed by atoms with Crippen LogP contribution in [0.5, 0.6) is 11.5 Å². The number of carbonyl (C=O) groups is 1. The second kappa shape index (κ2) is 8.03. The number of benzene rings is 2. The van der Waals surface area contributed by atoms with Crippen molar-refractivity contribution >= 4 is 12.0 Å². The second-order valence-electron chi connectivity index (χ2n) is 4.93. The van der Waals surface area contributed by atoms with E-state index in [4.69, 9.17) is 14.6 Å². The van der Waals surface area contributed by atoms with Crippen LogP contribution < -0.4 is 9.47 Å². The van der Waals surface area contributed by atoms with Gasteiger partial charge in [-0.3, -0.25) is 0 Å². The highest BCUT2D eigenvalue weighted by molar-refractivity contribution is 5.85. The van der Waals surface area contributed by atoms with E-state index >= 15 is 0 Å². The van der Waals surface area contributed by atoms with Crippen LogP contribution in [0.25, 0.3) is 6.08 Å². The molecule has 2 aromatic carbocycles. The van der Waals surface area contributed by atoms with Gasteiger partial charge in [-0.2, -0.15) is 0 Å². The second-order valence-corrected chi connectivity index (χ2v) is 4.93. The Kier molecular flexibility index (Phi) is 5.80. The lowest BCUT2D eigenvalue weighted by Crippen LogP contribution is -1.99. The fourth-order valence-electron chi connectivity index (χ4n) is 2.09. The molecule has 0 fully saturated rings. The molecule has 0 saturated heterocycles. The molecular formula is C19H19O4. The Balaban J connectivity index is 2.08. The minimum absolute atomic E-state index is 0.446. The molecule has 4 heteroatoms. The van der Waals surface area contributed by atoms with Crippen LogP contribution in [0.3, 0.4) is 0 Å². The van der Waals surface area contributed by atoms with Crippen LogP contribution in [0.4, 0.5) is 0 Å². The van der Waals surface area contributed by atoms with E-state index in [0.717, 1.165) is 34.3 Å². The highest BCUT2D eigenvalue weighted by Crippen LogP contribution is 2.23. The van der Waals surface area contributed by atoms with Gasteiger partial charge in [0.1, 0.15) is 18.1 Å². The van der Waals surface area contributed by atoms with Crippen LogP contribution in [0, 0.1) is 6.92 Å². The quantitative estimate of drug-likeness (QED) is 0.791. The maximum Gasteiger partial charge on any atom is 0.328 e. The van der Waals surface area contributed by atoms with Gasteiger partial charge in [-0.1, -0.05) is 18.2 Å². The fraction of sp³-hybridized carbons (Fsp3) is 0.158. The number of hydrogen-bond donors (Lipinski definition) is 1. The largest absolute Gasteiger partial charge is 0.497 e. The lowest BCUT2D eigenvalue weighted by Gasteiger charge is -2.11. The number of carboxylic acid groups (broad SMARTS) is 1. The van der Waals surface area contributed by atoms with E-state index in [-0.39, 0.29) is 0 Å². The predicted octanol–water partition coefficient (Wildman–Crippen LogP) is 3.75. The van der Waals surface area contributed by atoms with E-state index in [9.17, 15) is 4.79 Å². The average molecular weight is 311 g/mol. The summed E-state index contributed by atoms with van der Waals surface area (Å²) in [7, 11) is 1.63. The summed E-state index contributed by atoms with van der Waals surface area (Å²) in [5.41, 5.74) is 2.78. The van der Waals surface area contributed by atoms with E-state index < -0.39 is 5.97 Å². The first-order valence-corrected chi connectivity index (χ1v) is 7.21. The van der Waals surface area contributed by atoms with Gasteiger partial charge < -0.3 is 14.6 Å². The number of methoxy groups -OCH3 is 1. The SMILES string of the molecule is [CH2]Cc1cc(/C=C/C(=O)O)ccc1OCc1ccc(OC)cc1. The standard InChI is InChI=1S/C19H19O4/c1-3-16-12-14(7-11-19(20)21)6-10-18(16)23-13-15-4-8-17(22-2)9-5-15/h4-12H,1,3,13H2,2H3,(H,20,21)/b11-7+. The molecule has 0 heterocycles. The Morgan fingerprint density at radius 2 is 1.96 bits per heavy atom. The van der Waals surface area contributed by atoms with Crippen molar-refractivity contribution in [2.45, 2.75) is 13.0 Å². The van der Waals surface area contributed by atoms with Gasteiger partial charge in [-0.05, 0) is 60.4 Å². The lowest BCUT2D eigenvalue weighted by atomic mass is 10.1. The maximum absolute atomic E-state index is 10.6. The number of hydrogen-bond acceptors (Lipinski definition) is 3. The van der Waals surface area contributed by atoms with Crippen molar-refractivity contribution < 1.29 is 19.4 Å². The van der Waals surface area contributed by atoms with Gasteiger partial charge in [-0.25, -0.2) is 4.79 Å². The summed E-state index contributed by atoms with van der Waals surface area (Å²) in [5.74, 6) is 0.589. The van der Waals surface area contributed by atoms with Gasteiger partial charge >= 0.3 is 5.97 Å². The minimum atomic E-state index is -0.971. The van der Waals surface area contributed by atoms with Crippen LogP contribution in [0.2, 0.25) is 0 Å². The third kappa shape index (κ3) is 4.88. The molecule has 0 spiro atoms. The van der Waals surface area contributed by atoms with Gasteiger partial charge in [-0.15, -0.1) is 0 Å². The summed E-state index contributed by atoms with van der Waals surface area (Å²) in [6, 6.07) is 13.2. The molecule has 1 radical (unpaired) electrons. The summed E-state index contributed by atoms with van der Waals surface area (Å²) in [5, 5.41) is 8.67. The molecule has 0 bridgehead atoms. The van der Waals surface area contributed by atoms with Crippen LogP contribution >= 0.6 is 0 Å². The summed E-state index contributed by atoms with van der Waals surface area (Å²) in [6.07, 6.45) is 3.22. The summed E-state index contributed by atoms with van der Waals surface area (Å²) < 4.78 is 11.0. The molecule has 0 aliphatic rings. The van der Waals surface area contributed by atoms with Gasteiger partial charge in [0.25, 0.3) is 0 Å². The van der Waals surface area contributed by atoms with Gasteiger partial charge in [0, 0.05) is 6.08 Å². The van der Waals surface area contributed by atoms with E-state index in [1.54, 1.807) is 13.2 Å². The zero-order valence-corrected chi connectivity index (χ0v) is 13.0. The molecule has 0 aliphatic heterocycles. The molecular weight excluding hydrogens is 292 g/mol. The molecule has 4 nitrogen and oxygen atoms in total. The lowest BCUT2D eigenvalue weighted by molar-refractivity contribution is -0.131. The summed E-state index contributed by atoms with van der Waals surface area (Å²) in [6.45, 7) is 4.34. The van der Waals surface area contributed by atoms with E-state index in [2.05, 4.69) is 6.92 Å². The molecule has 2 rings (SSSR count). The Hall–Kier alpha value is -2.75. The van der Waals surface area contributed by atoms with Crippen LogP contribution in [0.15, 0.2) is 48.5 Å². The smallest absolute Gasteiger partial charge is 0.328 e. The average Bonchev–Trinajstić information content (AvgIpc) is 2.58. The fourth-order valence-corrected chi connectivity index (χ4v) is 2.09. The monoisotopic (exact) mass is 311 g/mol. The minimum Gasteiger partial charge on any atom is -0.497 e. The number of carboxylic acids is 1. The molecule has 23 heavy (non-hydrogen) atoms. The van der Waals surface area contributed by atoms with E-state index in [1.165, 1.54) is 0 Å². The van der Waals surface area contributed by atoms with Crippen molar-refractivity contribution in [2.75, 3.05) is 7.11 Å². The maximum atomic E-state index is 10.6. The first-order chi connectivity index (χ1) is 11.1. The number of aliphatic carboxylic acids is 1. The van der Waals surface area contributed by atoms with Crippen molar-refractivity contribution in [3.8, 4) is 11.5 Å².